The van der Waals surface area contributed by atoms with Gasteiger partial charge in [0.25, 0.3) is 0 Å². The predicted octanol–water partition coefficient (Wildman–Crippen LogP) is 9.69. The summed E-state index contributed by atoms with van der Waals surface area (Å²) >= 11 is 0. The van der Waals surface area contributed by atoms with Gasteiger partial charge >= 0.3 is 0 Å². The van der Waals surface area contributed by atoms with Gasteiger partial charge in [0.05, 0.1) is 16.7 Å². The Morgan fingerprint density at radius 2 is 1.18 bits per heavy atom. The van der Waals surface area contributed by atoms with E-state index in [1.165, 1.54) is 38.6 Å². The van der Waals surface area contributed by atoms with Gasteiger partial charge in [-0.1, -0.05) is 85.5 Å². The molecule has 0 bridgehead atoms. The summed E-state index contributed by atoms with van der Waals surface area (Å²) in [5.41, 5.74) is 10.3. The molecule has 1 aliphatic rings. The maximum atomic E-state index is 4.40. The third kappa shape index (κ3) is 3.66. The van der Waals surface area contributed by atoms with E-state index >= 15 is 0 Å². The molecule has 0 unspecified atom stereocenters. The Labute approximate surface area is 222 Å². The van der Waals surface area contributed by atoms with Gasteiger partial charge in [-0.2, -0.15) is 0 Å². The zero-order valence-electron chi connectivity index (χ0n) is 21.0. The molecule has 0 saturated carbocycles. The highest BCUT2D eigenvalue weighted by atomic mass is 15.1. The summed E-state index contributed by atoms with van der Waals surface area (Å²) < 4.78 is 2.35. The number of anilines is 2. The van der Waals surface area contributed by atoms with Crippen LogP contribution in [-0.4, -0.2) is 4.57 Å². The highest BCUT2D eigenvalue weighted by Crippen LogP contribution is 2.39. The second kappa shape index (κ2) is 9.10. The number of nitrogens with zero attached hydrogens (tertiary/aromatic N) is 2. The summed E-state index contributed by atoms with van der Waals surface area (Å²) in [4.78, 5) is 2.23. The van der Waals surface area contributed by atoms with Gasteiger partial charge in [-0.15, -0.1) is 0 Å². The smallest absolute Gasteiger partial charge is 0.0541 e. The Kier molecular flexibility index (Phi) is 5.30. The molecule has 1 aromatic heterocycles. The van der Waals surface area contributed by atoms with E-state index in [4.69, 9.17) is 0 Å². The van der Waals surface area contributed by atoms with Gasteiger partial charge in [-0.25, -0.2) is 0 Å². The van der Waals surface area contributed by atoms with Crippen LogP contribution in [0.5, 0.6) is 0 Å². The molecule has 0 radical (unpaired) electrons. The molecule has 2 heterocycles. The normalized spacial score (nSPS) is 14.7. The highest BCUT2D eigenvalue weighted by molar-refractivity contribution is 6.10. The molecule has 0 amide bonds. The first-order valence-corrected chi connectivity index (χ1v) is 12.9. The molecule has 180 valence electrons. The van der Waals surface area contributed by atoms with Crippen LogP contribution >= 0.6 is 0 Å². The van der Waals surface area contributed by atoms with Crippen molar-refractivity contribution >= 4 is 38.8 Å². The second-order valence-corrected chi connectivity index (χ2v) is 9.58. The number of aromatic nitrogens is 1. The summed E-state index contributed by atoms with van der Waals surface area (Å²) in [6, 6.07) is 43.2. The molecule has 5 aromatic carbocycles. The van der Waals surface area contributed by atoms with E-state index in [2.05, 4.69) is 156 Å². The fraction of sp³-hybridized carbons (Fsp3) is 0. The molecule has 0 atom stereocenters. The topological polar surface area (TPSA) is 8.17 Å². The fourth-order valence-corrected chi connectivity index (χ4v) is 5.48. The quantitative estimate of drug-likeness (QED) is 0.242. The predicted molar refractivity (Wildman–Crippen MR) is 162 cm³/mol. The molecule has 7 rings (SSSR count). The van der Waals surface area contributed by atoms with Crippen molar-refractivity contribution in [3.8, 4) is 16.8 Å². The first kappa shape index (κ1) is 22.1. The molecule has 38 heavy (non-hydrogen) atoms. The Balaban J connectivity index is 1.40. The molecule has 0 N–H and O–H groups in total. The molecular formula is C36H26N2. The number of fused-ring (bicyclic) bond motifs is 4. The van der Waals surface area contributed by atoms with Crippen LogP contribution in [0, 0.1) is 0 Å². The largest absolute Gasteiger partial charge is 0.317 e. The van der Waals surface area contributed by atoms with Crippen molar-refractivity contribution in [1.29, 1.82) is 0 Å². The zero-order chi connectivity index (χ0) is 25.5. The lowest BCUT2D eigenvalue weighted by molar-refractivity contribution is 1.18. The first-order chi connectivity index (χ1) is 18.8. The van der Waals surface area contributed by atoms with Crippen LogP contribution < -0.4 is 4.90 Å². The number of benzene rings is 5. The molecular weight excluding hydrogens is 460 g/mol. The molecule has 1 aliphatic heterocycles. The van der Waals surface area contributed by atoms with Gasteiger partial charge in [0.1, 0.15) is 0 Å². The molecule has 0 aliphatic carbocycles. The minimum atomic E-state index is 0.994. The Bertz CT molecular complexity index is 1870. The van der Waals surface area contributed by atoms with E-state index < -0.39 is 0 Å². The number of rotatable bonds is 3. The third-order valence-corrected chi connectivity index (χ3v) is 7.30. The number of allylic oxidation sites excluding steroid dienone is 4. The lowest BCUT2D eigenvalue weighted by Gasteiger charge is -2.25. The van der Waals surface area contributed by atoms with E-state index in [1.807, 2.05) is 6.07 Å². The van der Waals surface area contributed by atoms with Crippen LogP contribution in [0.25, 0.3) is 44.2 Å². The summed E-state index contributed by atoms with van der Waals surface area (Å²) in [5, 5.41) is 2.51. The lowest BCUT2D eigenvalue weighted by Crippen LogP contribution is -2.11. The van der Waals surface area contributed by atoms with Crippen LogP contribution in [0.1, 0.15) is 5.56 Å². The number of hydrogen-bond donors (Lipinski definition) is 0. The van der Waals surface area contributed by atoms with Crippen LogP contribution in [0.4, 0.5) is 11.4 Å². The van der Waals surface area contributed by atoms with Crippen molar-refractivity contribution in [2.75, 3.05) is 4.90 Å². The fourth-order valence-electron chi connectivity index (χ4n) is 5.48. The maximum absolute atomic E-state index is 4.40. The van der Waals surface area contributed by atoms with Gasteiger partial charge in [0, 0.05) is 33.9 Å². The molecule has 2 nitrogen and oxygen atoms in total. The van der Waals surface area contributed by atoms with Crippen molar-refractivity contribution in [2.45, 2.75) is 0 Å². The van der Waals surface area contributed by atoms with Crippen molar-refractivity contribution in [1.82, 2.24) is 4.57 Å². The summed E-state index contributed by atoms with van der Waals surface area (Å²) in [6.07, 6.45) is 8.31. The highest BCUT2D eigenvalue weighted by Gasteiger charge is 2.17. The number of hydrogen-bond acceptors (Lipinski definition) is 1. The average molecular weight is 487 g/mol. The van der Waals surface area contributed by atoms with E-state index in [0.29, 0.717) is 0 Å². The van der Waals surface area contributed by atoms with Crippen LogP contribution in [0.15, 0.2) is 152 Å². The van der Waals surface area contributed by atoms with Crippen molar-refractivity contribution in [2.24, 2.45) is 0 Å². The number of para-hydroxylation sites is 3. The van der Waals surface area contributed by atoms with E-state index in [-0.39, 0.29) is 0 Å². The first-order valence-electron chi connectivity index (χ1n) is 12.9. The van der Waals surface area contributed by atoms with Crippen LogP contribution in [-0.2, 0) is 0 Å². The summed E-state index contributed by atoms with van der Waals surface area (Å²) in [6.45, 7) is 4.40. The minimum Gasteiger partial charge on any atom is -0.317 e. The molecule has 0 fully saturated rings. The lowest BCUT2D eigenvalue weighted by atomic mass is 9.95. The Morgan fingerprint density at radius 1 is 0.526 bits per heavy atom. The van der Waals surface area contributed by atoms with Crippen LogP contribution in [0.2, 0.25) is 0 Å². The van der Waals surface area contributed by atoms with E-state index in [9.17, 15) is 0 Å². The van der Waals surface area contributed by atoms with Crippen molar-refractivity contribution in [3.63, 3.8) is 0 Å². The SMILES string of the molecule is C=C1/C=C\C=C/N(c2ccccc2)c2ccc(-c3ccc4c(c3)c3ccccc3n4-c3ccccc3)cc21. The van der Waals surface area contributed by atoms with E-state index in [0.717, 1.165) is 22.5 Å². The molecule has 0 saturated heterocycles. The summed E-state index contributed by atoms with van der Waals surface area (Å²) in [5.74, 6) is 0. The van der Waals surface area contributed by atoms with Crippen molar-refractivity contribution < 1.29 is 0 Å². The Morgan fingerprint density at radius 3 is 2.00 bits per heavy atom. The third-order valence-electron chi connectivity index (χ3n) is 7.30. The minimum absolute atomic E-state index is 0.994. The van der Waals surface area contributed by atoms with Gasteiger partial charge < -0.3 is 9.47 Å². The Hall–Kier alpha value is -5.08. The molecule has 0 spiro atoms. The molecule has 6 aromatic rings. The molecule has 2 heteroatoms. The zero-order valence-corrected chi connectivity index (χ0v) is 21.0. The standard InChI is InChI=1S/C36H26N2/c1-26-12-10-11-23-37(29-13-4-2-5-14-29)34-21-19-27(24-32(26)34)28-20-22-36-33(25-28)31-17-8-9-18-35(31)38(36)30-15-6-3-7-16-30/h2-25H,1H2/b12-10-,23-11-. The monoisotopic (exact) mass is 486 g/mol. The summed E-state index contributed by atoms with van der Waals surface area (Å²) in [7, 11) is 0. The van der Waals surface area contributed by atoms with Gasteiger partial charge in [-0.05, 0) is 77.4 Å². The maximum Gasteiger partial charge on any atom is 0.0541 e. The average Bonchev–Trinajstić information content (AvgIpc) is 3.30. The van der Waals surface area contributed by atoms with Gasteiger partial charge in [-0.3, -0.25) is 0 Å². The van der Waals surface area contributed by atoms with Crippen molar-refractivity contribution in [3.05, 3.63) is 158 Å². The van der Waals surface area contributed by atoms with Gasteiger partial charge in [0.15, 0.2) is 0 Å². The van der Waals surface area contributed by atoms with E-state index in [1.54, 1.807) is 0 Å². The van der Waals surface area contributed by atoms with Crippen LogP contribution in [0.3, 0.4) is 0 Å². The second-order valence-electron chi connectivity index (χ2n) is 9.58. The van der Waals surface area contributed by atoms with Gasteiger partial charge in [0.2, 0.25) is 0 Å².